The van der Waals surface area contributed by atoms with Crippen LogP contribution in [-0.2, 0) is 9.59 Å². The summed E-state index contributed by atoms with van der Waals surface area (Å²) in [4.78, 5) is 18.8. The van der Waals surface area contributed by atoms with Crippen molar-refractivity contribution in [2.75, 3.05) is 7.05 Å². The van der Waals surface area contributed by atoms with E-state index in [0.29, 0.717) is 0 Å². The van der Waals surface area contributed by atoms with Crippen molar-refractivity contribution in [1.82, 2.24) is 5.32 Å². The Kier molecular flexibility index (Phi) is 6.71. The zero-order valence-corrected chi connectivity index (χ0v) is 7.42. The Morgan fingerprint density at radius 1 is 1.29 bits per heavy atom. The summed E-state index contributed by atoms with van der Waals surface area (Å²) < 4.78 is 31.7. The number of carboxylic acids is 2. The molecule has 0 amide bonds. The molecule has 14 heavy (non-hydrogen) atoms. The van der Waals surface area contributed by atoms with E-state index in [4.69, 9.17) is 15.0 Å². The molecule has 3 N–H and O–H groups in total. The Labute approximate surface area is 77.5 Å². The summed E-state index contributed by atoms with van der Waals surface area (Å²) >= 11 is 0. The SMILES string of the molecule is CNC(C)C(=O)O.O=C(O)C(F)(F)F. The van der Waals surface area contributed by atoms with Gasteiger partial charge in [-0.2, -0.15) is 13.2 Å². The molecule has 5 nitrogen and oxygen atoms in total. The number of aliphatic carboxylic acids is 2. The van der Waals surface area contributed by atoms with Crippen molar-refractivity contribution < 1.29 is 33.0 Å². The van der Waals surface area contributed by atoms with Gasteiger partial charge in [-0.15, -0.1) is 0 Å². The van der Waals surface area contributed by atoms with E-state index < -0.39 is 24.2 Å². The summed E-state index contributed by atoms with van der Waals surface area (Å²) in [6.45, 7) is 1.59. The van der Waals surface area contributed by atoms with E-state index in [9.17, 15) is 18.0 Å². The summed E-state index contributed by atoms with van der Waals surface area (Å²) in [6.07, 6.45) is -5.08. The Balaban J connectivity index is 0. The Morgan fingerprint density at radius 3 is 1.57 bits per heavy atom. The van der Waals surface area contributed by atoms with Crippen molar-refractivity contribution in [3.05, 3.63) is 0 Å². The molecule has 84 valence electrons. The minimum absolute atomic E-state index is 0.431. The number of nitrogens with one attached hydrogen (secondary N) is 1. The zero-order valence-electron chi connectivity index (χ0n) is 7.42. The molecule has 0 saturated heterocycles. The normalized spacial score (nSPS) is 12.4. The predicted octanol–water partition coefficient (Wildman–Crippen LogP) is 0.312. The molecule has 0 fully saturated rings. The maximum absolute atomic E-state index is 10.6. The Morgan fingerprint density at radius 2 is 1.57 bits per heavy atom. The van der Waals surface area contributed by atoms with Gasteiger partial charge in [0.15, 0.2) is 0 Å². The van der Waals surface area contributed by atoms with Crippen molar-refractivity contribution in [2.45, 2.75) is 19.1 Å². The van der Waals surface area contributed by atoms with Crippen molar-refractivity contribution >= 4 is 11.9 Å². The molecule has 0 aliphatic carbocycles. The molecule has 8 heteroatoms. The number of carbonyl (C=O) groups is 2. The molecule has 1 atom stereocenters. The van der Waals surface area contributed by atoms with Gasteiger partial charge in [0.25, 0.3) is 0 Å². The number of hydrogen-bond donors (Lipinski definition) is 3. The summed E-state index contributed by atoms with van der Waals surface area (Å²) in [5.41, 5.74) is 0. The zero-order chi connectivity index (χ0) is 11.9. The fourth-order valence-electron chi connectivity index (χ4n) is 0.123. The highest BCUT2D eigenvalue weighted by Crippen LogP contribution is 2.13. The van der Waals surface area contributed by atoms with Crippen LogP contribution in [0.1, 0.15) is 6.92 Å². The van der Waals surface area contributed by atoms with Crippen molar-refractivity contribution in [1.29, 1.82) is 0 Å². The first-order valence-electron chi connectivity index (χ1n) is 3.33. The van der Waals surface area contributed by atoms with Gasteiger partial charge in [-0.05, 0) is 14.0 Å². The van der Waals surface area contributed by atoms with E-state index in [-0.39, 0.29) is 0 Å². The maximum atomic E-state index is 10.6. The van der Waals surface area contributed by atoms with Crippen LogP contribution in [0.3, 0.4) is 0 Å². The molecule has 0 aromatic heterocycles. The lowest BCUT2D eigenvalue weighted by atomic mass is 10.4. The summed E-state index contributed by atoms with van der Waals surface area (Å²) in [6, 6.07) is -0.431. The lowest BCUT2D eigenvalue weighted by Crippen LogP contribution is -2.29. The smallest absolute Gasteiger partial charge is 0.480 e. The summed E-state index contributed by atoms with van der Waals surface area (Å²) in [5.74, 6) is -3.57. The predicted molar refractivity (Wildman–Crippen MR) is 39.8 cm³/mol. The second-order valence-electron chi connectivity index (χ2n) is 2.15. The number of halogens is 3. The maximum Gasteiger partial charge on any atom is 0.490 e. The highest BCUT2D eigenvalue weighted by Gasteiger charge is 2.38. The molecule has 0 aliphatic heterocycles. The number of hydrogen-bond acceptors (Lipinski definition) is 3. The minimum atomic E-state index is -5.08. The molecule has 0 heterocycles. The topological polar surface area (TPSA) is 86.6 Å². The number of carboxylic acid groups (broad SMARTS) is 2. The van der Waals surface area contributed by atoms with E-state index in [1.54, 1.807) is 14.0 Å². The van der Waals surface area contributed by atoms with Crippen LogP contribution < -0.4 is 5.32 Å². The third-order valence-electron chi connectivity index (χ3n) is 1.05. The van der Waals surface area contributed by atoms with Gasteiger partial charge in [0.2, 0.25) is 0 Å². The molecular formula is C6H10F3NO4. The van der Waals surface area contributed by atoms with Crippen LogP contribution in [0.15, 0.2) is 0 Å². The first-order valence-corrected chi connectivity index (χ1v) is 3.33. The fourth-order valence-corrected chi connectivity index (χ4v) is 0.123. The summed E-state index contributed by atoms with van der Waals surface area (Å²) in [7, 11) is 1.61. The van der Waals surface area contributed by atoms with Gasteiger partial charge >= 0.3 is 18.1 Å². The second-order valence-corrected chi connectivity index (χ2v) is 2.15. The molecule has 0 aromatic rings. The van der Waals surface area contributed by atoms with Crippen LogP contribution in [0.4, 0.5) is 13.2 Å². The van der Waals surface area contributed by atoms with Crippen LogP contribution >= 0.6 is 0 Å². The Hall–Kier alpha value is -1.31. The van der Waals surface area contributed by atoms with Gasteiger partial charge < -0.3 is 15.5 Å². The molecule has 1 unspecified atom stereocenters. The van der Waals surface area contributed by atoms with Crippen LogP contribution in [0.25, 0.3) is 0 Å². The van der Waals surface area contributed by atoms with Gasteiger partial charge in [-0.1, -0.05) is 0 Å². The molecule has 0 bridgehead atoms. The highest BCUT2D eigenvalue weighted by atomic mass is 19.4. The molecule has 0 saturated carbocycles. The van der Waals surface area contributed by atoms with Crippen molar-refractivity contribution in [3.8, 4) is 0 Å². The summed E-state index contributed by atoms with van der Waals surface area (Å²) in [5, 5.41) is 17.8. The van der Waals surface area contributed by atoms with Crippen molar-refractivity contribution in [3.63, 3.8) is 0 Å². The van der Waals surface area contributed by atoms with E-state index in [1.165, 1.54) is 0 Å². The molecular weight excluding hydrogens is 207 g/mol. The van der Waals surface area contributed by atoms with Gasteiger partial charge in [0, 0.05) is 0 Å². The molecule has 0 radical (unpaired) electrons. The quantitative estimate of drug-likeness (QED) is 0.619. The molecule has 0 rings (SSSR count). The van der Waals surface area contributed by atoms with Gasteiger partial charge in [0.05, 0.1) is 0 Å². The van der Waals surface area contributed by atoms with Gasteiger partial charge in [-0.25, -0.2) is 4.79 Å². The largest absolute Gasteiger partial charge is 0.490 e. The molecule has 0 spiro atoms. The molecule has 0 aromatic carbocycles. The van der Waals surface area contributed by atoms with Crippen LogP contribution in [0.2, 0.25) is 0 Å². The van der Waals surface area contributed by atoms with Crippen molar-refractivity contribution in [2.24, 2.45) is 0 Å². The monoisotopic (exact) mass is 217 g/mol. The lowest BCUT2D eigenvalue weighted by molar-refractivity contribution is -0.192. The minimum Gasteiger partial charge on any atom is -0.480 e. The Bertz CT molecular complexity index is 204. The van der Waals surface area contributed by atoms with Gasteiger partial charge in [0.1, 0.15) is 6.04 Å². The fraction of sp³-hybridized carbons (Fsp3) is 0.667. The van der Waals surface area contributed by atoms with E-state index in [1.807, 2.05) is 0 Å². The number of rotatable bonds is 2. The number of likely N-dealkylation sites (N-methyl/N-ethyl adjacent to an activating group) is 1. The first kappa shape index (κ1) is 15.2. The number of alkyl halides is 3. The first-order chi connectivity index (χ1) is 6.12. The third-order valence-corrected chi connectivity index (χ3v) is 1.05. The van der Waals surface area contributed by atoms with E-state index >= 15 is 0 Å². The standard InChI is InChI=1S/C4H9NO2.C2HF3O2/c1-3(5-2)4(6)7;3-2(4,5)1(6)7/h3,5H,1-2H3,(H,6,7);(H,6,7). The van der Waals surface area contributed by atoms with Gasteiger partial charge in [-0.3, -0.25) is 4.79 Å². The van der Waals surface area contributed by atoms with Crippen LogP contribution in [0.5, 0.6) is 0 Å². The average Bonchev–Trinajstić information content (AvgIpc) is 2.02. The third kappa shape index (κ3) is 8.78. The lowest BCUT2D eigenvalue weighted by Gasteiger charge is -1.99. The second kappa shape index (κ2) is 6.19. The van der Waals surface area contributed by atoms with E-state index in [2.05, 4.69) is 5.32 Å². The molecule has 0 aliphatic rings. The van der Waals surface area contributed by atoms with E-state index in [0.717, 1.165) is 0 Å². The van der Waals surface area contributed by atoms with Crippen LogP contribution in [0, 0.1) is 0 Å². The average molecular weight is 217 g/mol. The highest BCUT2D eigenvalue weighted by molar-refractivity contribution is 5.73. The van der Waals surface area contributed by atoms with Crippen LogP contribution in [-0.4, -0.2) is 41.4 Å².